The number of rotatable bonds is 9. The molecule has 13 unspecified atom stereocenters. The maximum Gasteiger partial charge on any atom is -0.0170 e. The molecule has 3 fully saturated rings. The Labute approximate surface area is 252 Å². The zero-order chi connectivity index (χ0) is 29.2. The summed E-state index contributed by atoms with van der Waals surface area (Å²) < 4.78 is 0. The Kier molecular flexibility index (Phi) is 11.4. The van der Waals surface area contributed by atoms with E-state index in [1.54, 1.807) is 0 Å². The van der Waals surface area contributed by atoms with Crippen LogP contribution in [0.2, 0.25) is 0 Å². The van der Waals surface area contributed by atoms with Gasteiger partial charge in [-0.1, -0.05) is 99.1 Å². The predicted octanol–water partition coefficient (Wildman–Crippen LogP) is 12.8. The highest BCUT2D eigenvalue weighted by Crippen LogP contribution is 2.54. The van der Waals surface area contributed by atoms with Crippen molar-refractivity contribution in [3.8, 4) is 0 Å². The summed E-state index contributed by atoms with van der Waals surface area (Å²) in [6, 6.07) is 0. The van der Waals surface area contributed by atoms with Crippen LogP contribution in [-0.2, 0) is 0 Å². The first kappa shape index (κ1) is 32.6. The van der Waals surface area contributed by atoms with Crippen molar-refractivity contribution in [3.63, 3.8) is 0 Å². The lowest BCUT2D eigenvalue weighted by molar-refractivity contribution is -0.00245. The molecule has 3 saturated carbocycles. The smallest absolute Gasteiger partial charge is 0.0170 e. The third-order valence-corrected chi connectivity index (χ3v) is 14.9. The summed E-state index contributed by atoms with van der Waals surface area (Å²) in [5.41, 5.74) is 4.27. The minimum Gasteiger partial charge on any atom is -0.0738 e. The molecule has 4 rings (SSSR count). The van der Waals surface area contributed by atoms with Gasteiger partial charge < -0.3 is 0 Å². The Hall–Kier alpha value is -0.260. The average molecular weight is 553 g/mol. The van der Waals surface area contributed by atoms with E-state index in [1.165, 1.54) is 96.3 Å². The van der Waals surface area contributed by atoms with Gasteiger partial charge in [-0.2, -0.15) is 0 Å². The van der Waals surface area contributed by atoms with E-state index < -0.39 is 0 Å². The van der Waals surface area contributed by atoms with Gasteiger partial charge in [-0.15, -0.1) is 0 Å². The highest BCUT2D eigenvalue weighted by molar-refractivity contribution is 5.20. The molecule has 0 heterocycles. The fraction of sp³-hybridized carbons (Fsp3) is 0.950. The van der Waals surface area contributed by atoms with Gasteiger partial charge in [-0.3, -0.25) is 0 Å². The molecule has 0 amide bonds. The monoisotopic (exact) mass is 553 g/mol. The highest BCUT2D eigenvalue weighted by atomic mass is 14.5. The van der Waals surface area contributed by atoms with Gasteiger partial charge in [0.1, 0.15) is 0 Å². The second kappa shape index (κ2) is 14.0. The van der Waals surface area contributed by atoms with Gasteiger partial charge in [0.25, 0.3) is 0 Å². The van der Waals surface area contributed by atoms with Crippen LogP contribution in [-0.4, -0.2) is 0 Å². The highest BCUT2D eigenvalue weighted by Gasteiger charge is 2.45. The molecule has 0 N–H and O–H groups in total. The lowest BCUT2D eigenvalue weighted by Gasteiger charge is -2.50. The minimum atomic E-state index is 0.512. The molecule has 13 atom stereocenters. The zero-order valence-electron chi connectivity index (χ0n) is 29.0. The molecule has 0 aromatic rings. The summed E-state index contributed by atoms with van der Waals surface area (Å²) >= 11 is 0. The lowest BCUT2D eigenvalue weighted by Crippen LogP contribution is -2.42. The van der Waals surface area contributed by atoms with Gasteiger partial charge in [0.05, 0.1) is 0 Å². The van der Waals surface area contributed by atoms with E-state index in [0.717, 1.165) is 71.0 Å². The van der Waals surface area contributed by atoms with Gasteiger partial charge in [0, 0.05) is 0 Å². The van der Waals surface area contributed by atoms with Crippen molar-refractivity contribution >= 4 is 0 Å². The average Bonchev–Trinajstić information content (AvgIpc) is 2.94. The minimum absolute atomic E-state index is 0.512. The molecular formula is C40H72. The van der Waals surface area contributed by atoms with Crippen LogP contribution in [0.3, 0.4) is 0 Å². The van der Waals surface area contributed by atoms with Gasteiger partial charge in [-0.25, -0.2) is 0 Å². The fourth-order valence-corrected chi connectivity index (χ4v) is 10.8. The van der Waals surface area contributed by atoms with Crippen LogP contribution in [0.25, 0.3) is 0 Å². The molecule has 0 heteroatoms. The summed E-state index contributed by atoms with van der Waals surface area (Å²) in [6.45, 7) is 25.5. The predicted molar refractivity (Wildman–Crippen MR) is 177 cm³/mol. The van der Waals surface area contributed by atoms with Crippen LogP contribution in [0.4, 0.5) is 0 Å². The van der Waals surface area contributed by atoms with Crippen LogP contribution >= 0.6 is 0 Å². The molecule has 4 aliphatic rings. The second-order valence-corrected chi connectivity index (χ2v) is 17.0. The Morgan fingerprint density at radius 1 is 0.700 bits per heavy atom. The maximum atomic E-state index is 2.68. The number of allylic oxidation sites excluding steroid dienone is 2. The van der Waals surface area contributed by atoms with Crippen LogP contribution in [0.15, 0.2) is 11.1 Å². The molecule has 0 aromatic carbocycles. The van der Waals surface area contributed by atoms with E-state index in [9.17, 15) is 0 Å². The van der Waals surface area contributed by atoms with Crippen LogP contribution in [0.1, 0.15) is 166 Å². The first-order chi connectivity index (χ1) is 19.0. The van der Waals surface area contributed by atoms with E-state index in [-0.39, 0.29) is 0 Å². The van der Waals surface area contributed by atoms with Crippen molar-refractivity contribution in [2.45, 2.75) is 166 Å². The van der Waals surface area contributed by atoms with Crippen molar-refractivity contribution in [2.24, 2.45) is 76.4 Å². The summed E-state index contributed by atoms with van der Waals surface area (Å²) in [6.07, 6.45) is 21.9. The van der Waals surface area contributed by atoms with E-state index in [0.29, 0.717) is 5.41 Å². The molecule has 232 valence electrons. The normalized spacial score (nSPS) is 47.0. The van der Waals surface area contributed by atoms with Gasteiger partial charge in [-0.05, 0) is 154 Å². The standard InChI is InChI=1S/C40H72/c1-11-14-32-23-35(17-16-34-24-33(12-2)31(34)9)37(39-22-28(6)30(39)8)18-15-26(4)36(38-21-27(5)29(38)7)19-20-40(10,13-3)25-32/h27-35,37-39H,11-25H2,1-10H3. The maximum absolute atomic E-state index is 2.68. The molecule has 0 spiro atoms. The summed E-state index contributed by atoms with van der Waals surface area (Å²) in [5, 5.41) is 0. The van der Waals surface area contributed by atoms with Gasteiger partial charge in [0.2, 0.25) is 0 Å². The first-order valence-electron chi connectivity index (χ1n) is 18.7. The Bertz CT molecular complexity index is 820. The zero-order valence-corrected chi connectivity index (χ0v) is 29.0. The Balaban J connectivity index is 1.63. The molecule has 0 nitrogen and oxygen atoms in total. The third kappa shape index (κ3) is 7.09. The molecule has 0 saturated heterocycles. The van der Waals surface area contributed by atoms with E-state index in [2.05, 4.69) is 69.2 Å². The SMILES string of the molecule is CCCC1CC(CCC2CC(CC)C2C)C(C2CC(C)C2C)CCC(C)=C(C2CC(C)C2C)CCC(C)(CC)C1. The van der Waals surface area contributed by atoms with Crippen molar-refractivity contribution in [2.75, 3.05) is 0 Å². The summed E-state index contributed by atoms with van der Waals surface area (Å²) in [5.74, 6) is 11.5. The number of hydrogen-bond donors (Lipinski definition) is 0. The van der Waals surface area contributed by atoms with Crippen molar-refractivity contribution in [1.82, 2.24) is 0 Å². The molecule has 0 aromatic heterocycles. The van der Waals surface area contributed by atoms with E-state index in [1.807, 2.05) is 11.1 Å². The van der Waals surface area contributed by atoms with Gasteiger partial charge in [0.15, 0.2) is 0 Å². The van der Waals surface area contributed by atoms with Crippen molar-refractivity contribution in [1.29, 1.82) is 0 Å². The quantitative estimate of drug-likeness (QED) is 0.249. The topological polar surface area (TPSA) is 0 Å². The van der Waals surface area contributed by atoms with Gasteiger partial charge >= 0.3 is 0 Å². The van der Waals surface area contributed by atoms with Crippen molar-refractivity contribution in [3.05, 3.63) is 11.1 Å². The molecule has 4 aliphatic carbocycles. The fourth-order valence-electron chi connectivity index (χ4n) is 10.8. The molecule has 40 heavy (non-hydrogen) atoms. The Morgan fingerprint density at radius 3 is 1.95 bits per heavy atom. The van der Waals surface area contributed by atoms with Crippen LogP contribution in [0.5, 0.6) is 0 Å². The third-order valence-electron chi connectivity index (χ3n) is 14.9. The molecule has 0 radical (unpaired) electrons. The van der Waals surface area contributed by atoms with E-state index in [4.69, 9.17) is 0 Å². The Morgan fingerprint density at radius 2 is 1.40 bits per heavy atom. The molecular weight excluding hydrogens is 480 g/mol. The van der Waals surface area contributed by atoms with Crippen LogP contribution in [0, 0.1) is 76.4 Å². The summed E-state index contributed by atoms with van der Waals surface area (Å²) in [7, 11) is 0. The lowest BCUT2D eigenvalue weighted by atomic mass is 9.55. The van der Waals surface area contributed by atoms with Crippen molar-refractivity contribution < 1.29 is 0 Å². The summed E-state index contributed by atoms with van der Waals surface area (Å²) in [4.78, 5) is 0. The molecule has 0 aliphatic heterocycles. The first-order valence-corrected chi connectivity index (χ1v) is 18.7. The number of hydrogen-bond acceptors (Lipinski definition) is 0. The largest absolute Gasteiger partial charge is 0.0738 e. The molecule has 0 bridgehead atoms. The van der Waals surface area contributed by atoms with Crippen LogP contribution < -0.4 is 0 Å². The van der Waals surface area contributed by atoms with E-state index >= 15 is 0 Å². The second-order valence-electron chi connectivity index (χ2n) is 17.0.